The average molecular weight is 818 g/mol. The van der Waals surface area contributed by atoms with Gasteiger partial charge in [-0.1, -0.05) is 24.3 Å². The fraction of sp³-hybridized carbons (Fsp3) is 0.385. The molecule has 2 aromatic carbocycles. The summed E-state index contributed by atoms with van der Waals surface area (Å²) >= 11 is 3.45. The monoisotopic (exact) mass is 816 g/mol. The van der Waals surface area contributed by atoms with Gasteiger partial charge in [0.2, 0.25) is 11.8 Å². The summed E-state index contributed by atoms with van der Waals surface area (Å²) in [7, 11) is 2.10. The predicted octanol–water partition coefficient (Wildman–Crippen LogP) is 3.25. The molecule has 5 heterocycles. The van der Waals surface area contributed by atoms with Crippen molar-refractivity contribution in [3.8, 4) is 11.5 Å². The van der Waals surface area contributed by atoms with E-state index in [0.717, 1.165) is 30.2 Å². The van der Waals surface area contributed by atoms with Gasteiger partial charge in [-0.05, 0) is 83.7 Å². The Labute approximate surface area is 325 Å². The number of benzene rings is 2. The van der Waals surface area contributed by atoms with Crippen LogP contribution in [0.1, 0.15) is 51.5 Å². The zero-order valence-electron chi connectivity index (χ0n) is 30.2. The molecule has 4 aromatic rings. The number of nitrogens with zero attached hydrogens (tertiary/aromatic N) is 4. The van der Waals surface area contributed by atoms with Crippen molar-refractivity contribution in [2.24, 2.45) is 0 Å². The summed E-state index contributed by atoms with van der Waals surface area (Å²) in [4.78, 5) is 70.8. The second-order valence-corrected chi connectivity index (χ2v) is 14.4. The number of likely N-dealkylation sites (N-methyl/N-ethyl adjacent to an activating group) is 1. The number of ether oxygens (including phenoxy) is 4. The molecule has 2 N–H and O–H groups in total. The van der Waals surface area contributed by atoms with Gasteiger partial charge in [0.25, 0.3) is 17.4 Å². The number of rotatable bonds is 15. The van der Waals surface area contributed by atoms with Crippen molar-refractivity contribution in [3.63, 3.8) is 0 Å². The Balaban J connectivity index is 0.795. The lowest BCUT2D eigenvalue weighted by atomic mass is 9.88. The number of aromatic nitrogens is 2. The first-order valence-corrected chi connectivity index (χ1v) is 18.9. The number of nitrogens with one attached hydrogen (secondary N) is 2. The lowest BCUT2D eigenvalue weighted by Crippen LogP contribution is -2.54. The van der Waals surface area contributed by atoms with E-state index < -0.39 is 29.7 Å². The Morgan fingerprint density at radius 2 is 1.60 bits per heavy atom. The molecule has 7 rings (SSSR count). The number of fused-ring (bicyclic) bond motifs is 2. The molecule has 288 valence electrons. The van der Waals surface area contributed by atoms with Gasteiger partial charge in [-0.25, -0.2) is 4.98 Å². The van der Waals surface area contributed by atoms with Crippen molar-refractivity contribution in [3.05, 3.63) is 98.4 Å². The van der Waals surface area contributed by atoms with Crippen molar-refractivity contribution in [2.45, 2.75) is 37.3 Å². The van der Waals surface area contributed by atoms with Gasteiger partial charge in [-0.3, -0.25) is 38.6 Å². The third-order valence-corrected chi connectivity index (χ3v) is 10.5. The number of hydrogen-bond donors (Lipinski definition) is 2. The summed E-state index contributed by atoms with van der Waals surface area (Å²) in [5.74, 6) is -0.494. The number of likely N-dealkylation sites (tertiary alicyclic amines) is 1. The van der Waals surface area contributed by atoms with Gasteiger partial charge in [0.15, 0.2) is 0 Å². The minimum absolute atomic E-state index is 0.0480. The smallest absolute Gasteiger partial charge is 0.274 e. The Morgan fingerprint density at radius 1 is 0.855 bits per heavy atom. The second kappa shape index (κ2) is 17.1. The van der Waals surface area contributed by atoms with Crippen molar-refractivity contribution < 1.29 is 38.1 Å². The zero-order valence-corrected chi connectivity index (χ0v) is 31.8. The van der Waals surface area contributed by atoms with E-state index in [1.54, 1.807) is 24.4 Å². The highest BCUT2D eigenvalue weighted by atomic mass is 79.9. The molecule has 0 spiro atoms. The number of amides is 4. The molecule has 15 nitrogen and oxygen atoms in total. The van der Waals surface area contributed by atoms with E-state index in [4.69, 9.17) is 18.9 Å². The first-order chi connectivity index (χ1) is 26.7. The molecule has 1 unspecified atom stereocenters. The van der Waals surface area contributed by atoms with Gasteiger partial charge >= 0.3 is 0 Å². The van der Waals surface area contributed by atoms with E-state index in [1.807, 2.05) is 24.3 Å². The number of anilines is 1. The first-order valence-electron chi connectivity index (χ1n) is 18.2. The minimum atomic E-state index is -1.04. The first kappa shape index (κ1) is 38.1. The maximum absolute atomic E-state index is 13.2. The lowest BCUT2D eigenvalue weighted by molar-refractivity contribution is -0.136. The van der Waals surface area contributed by atoms with Gasteiger partial charge < -0.3 is 29.2 Å². The maximum atomic E-state index is 13.2. The number of piperidine rings is 2. The van der Waals surface area contributed by atoms with Crippen molar-refractivity contribution >= 4 is 51.0 Å². The van der Waals surface area contributed by atoms with Crippen molar-refractivity contribution in [1.29, 1.82) is 0 Å². The highest BCUT2D eigenvalue weighted by molar-refractivity contribution is 9.10. The maximum Gasteiger partial charge on any atom is 0.274 e. The van der Waals surface area contributed by atoms with Gasteiger partial charge in [-0.2, -0.15) is 0 Å². The van der Waals surface area contributed by atoms with Crippen LogP contribution in [-0.4, -0.2) is 115 Å². The van der Waals surface area contributed by atoms with E-state index >= 15 is 0 Å². The van der Waals surface area contributed by atoms with Crippen LogP contribution in [0.3, 0.4) is 0 Å². The van der Waals surface area contributed by atoms with Gasteiger partial charge in [0.1, 0.15) is 46.7 Å². The van der Waals surface area contributed by atoms with E-state index in [0.29, 0.717) is 42.4 Å². The van der Waals surface area contributed by atoms with E-state index in [9.17, 15) is 24.0 Å². The van der Waals surface area contributed by atoms with Crippen LogP contribution < -0.4 is 25.7 Å². The Bertz CT molecular complexity index is 2140. The molecule has 4 amide bonds. The van der Waals surface area contributed by atoms with Crippen LogP contribution in [0.15, 0.2) is 76.1 Å². The van der Waals surface area contributed by atoms with Gasteiger partial charge in [0, 0.05) is 31.7 Å². The molecule has 3 aliphatic rings. The summed E-state index contributed by atoms with van der Waals surface area (Å²) in [6, 6.07) is 17.4. The minimum Gasteiger partial charge on any atom is -0.491 e. The summed E-state index contributed by atoms with van der Waals surface area (Å²) < 4.78 is 24.9. The highest BCUT2D eigenvalue weighted by Gasteiger charge is 2.46. The van der Waals surface area contributed by atoms with Gasteiger partial charge in [-0.15, -0.1) is 0 Å². The van der Waals surface area contributed by atoms with Crippen LogP contribution >= 0.6 is 15.9 Å². The molecular weight excluding hydrogens is 776 g/mol. The zero-order chi connectivity index (χ0) is 38.5. The topological polar surface area (TPSA) is 170 Å². The molecule has 0 saturated carbocycles. The molecule has 3 atom stereocenters. The van der Waals surface area contributed by atoms with E-state index in [-0.39, 0.29) is 60.5 Å². The van der Waals surface area contributed by atoms with Crippen LogP contribution in [0.25, 0.3) is 5.65 Å². The summed E-state index contributed by atoms with van der Waals surface area (Å²) in [6.45, 7) is 3.51. The molecule has 16 heteroatoms. The molecule has 2 saturated heterocycles. The fourth-order valence-corrected chi connectivity index (χ4v) is 7.61. The third-order valence-electron chi connectivity index (χ3n) is 9.79. The SMILES string of the molecule is CN1C[C@H](Nc2nc3ccccn3c(=O)c2Br)C[C@H](c2ccc(OCCOCCOCCOc3cccc4c3C(=O)N(C3CCC(=O)NC3=O)C4=O)cc2)C1. The van der Waals surface area contributed by atoms with Crippen LogP contribution in [-0.2, 0) is 19.1 Å². The summed E-state index contributed by atoms with van der Waals surface area (Å²) in [5, 5.41) is 5.70. The standard InChI is InChI=1S/C39H41BrN6O9/c1-44-22-25(21-26(23-44)41-35-34(40)39(51)45-14-3-2-7-31(45)42-35)24-8-10-27(11-9-24)54-19-17-52-15-16-53-18-20-55-30-6-4-5-28-33(30)38(50)46(37(28)49)29-12-13-32(47)43-36(29)48/h2-11,14,25-26,29,41H,12-13,15-23H2,1H3,(H,43,47,48)/t25-,26+,29?/m0/s1. The van der Waals surface area contributed by atoms with Crippen LogP contribution in [0.5, 0.6) is 11.5 Å². The average Bonchev–Trinajstić information content (AvgIpc) is 3.43. The van der Waals surface area contributed by atoms with E-state index in [1.165, 1.54) is 16.0 Å². The molecule has 0 radical (unpaired) electrons. The number of carbonyl (C=O) groups excluding carboxylic acids is 4. The molecule has 55 heavy (non-hydrogen) atoms. The second-order valence-electron chi connectivity index (χ2n) is 13.6. The molecule has 2 aromatic heterocycles. The van der Waals surface area contributed by atoms with Gasteiger partial charge in [0.05, 0.1) is 37.6 Å². The summed E-state index contributed by atoms with van der Waals surface area (Å²) in [5.41, 5.74) is 1.90. The highest BCUT2D eigenvalue weighted by Crippen LogP contribution is 2.34. The molecule has 3 aliphatic heterocycles. The number of carbonyl (C=O) groups is 4. The third kappa shape index (κ3) is 8.57. The number of hydrogen-bond acceptors (Lipinski definition) is 12. The normalized spacial score (nSPS) is 20.1. The Hall–Kier alpha value is -5.16. The lowest BCUT2D eigenvalue weighted by Gasteiger charge is -2.36. The fourth-order valence-electron chi connectivity index (χ4n) is 7.21. The number of pyridine rings is 1. The summed E-state index contributed by atoms with van der Waals surface area (Å²) in [6.07, 6.45) is 2.72. The quantitative estimate of drug-likeness (QED) is 0.133. The number of halogens is 1. The van der Waals surface area contributed by atoms with Crippen molar-refractivity contribution in [1.82, 2.24) is 24.5 Å². The molecule has 0 bridgehead atoms. The Kier molecular flexibility index (Phi) is 11.9. The van der Waals surface area contributed by atoms with Crippen LogP contribution in [0, 0.1) is 0 Å². The predicted molar refractivity (Wildman–Crippen MR) is 204 cm³/mol. The molecule has 0 aliphatic carbocycles. The molecule has 2 fully saturated rings. The van der Waals surface area contributed by atoms with E-state index in [2.05, 4.69) is 55.6 Å². The Morgan fingerprint density at radius 3 is 2.36 bits per heavy atom. The van der Waals surface area contributed by atoms with Crippen molar-refractivity contribution in [2.75, 3.05) is 65.1 Å². The largest absolute Gasteiger partial charge is 0.491 e. The van der Waals surface area contributed by atoms with Crippen LogP contribution in [0.4, 0.5) is 5.82 Å². The number of imide groups is 2. The molecular formula is C39H41BrN6O9. The van der Waals surface area contributed by atoms with Crippen LogP contribution in [0.2, 0.25) is 0 Å².